The normalized spacial score (nSPS) is 10.4. The Morgan fingerprint density at radius 2 is 2.00 bits per heavy atom. The van der Waals surface area contributed by atoms with Gasteiger partial charge >= 0.3 is 0 Å². The molecule has 0 bridgehead atoms. The quantitative estimate of drug-likeness (QED) is 0.629. The second kappa shape index (κ2) is 6.51. The molecule has 1 amide bonds. The van der Waals surface area contributed by atoms with E-state index in [-0.39, 0.29) is 11.4 Å². The third-order valence-electron chi connectivity index (χ3n) is 1.80. The van der Waals surface area contributed by atoms with Crippen LogP contribution >= 0.6 is 11.8 Å². The fourth-order valence-electron chi connectivity index (χ4n) is 1.06. The molecule has 7 heteroatoms. The number of nitrogens with one attached hydrogen (secondary N) is 1. The molecule has 1 aromatic carbocycles. The van der Waals surface area contributed by atoms with E-state index in [1.54, 1.807) is 0 Å². The summed E-state index contributed by atoms with van der Waals surface area (Å²) in [6.07, 6.45) is 0. The zero-order valence-electron chi connectivity index (χ0n) is 8.80. The molecular formula is C10H11F3N2OS. The molecule has 0 aliphatic rings. The van der Waals surface area contributed by atoms with Crippen LogP contribution in [0.25, 0.3) is 0 Å². The van der Waals surface area contributed by atoms with Gasteiger partial charge in [-0.25, -0.2) is 13.2 Å². The van der Waals surface area contributed by atoms with Crippen molar-refractivity contribution in [2.24, 2.45) is 5.73 Å². The van der Waals surface area contributed by atoms with Crippen molar-refractivity contribution in [1.82, 2.24) is 0 Å². The molecule has 1 rings (SSSR count). The van der Waals surface area contributed by atoms with Crippen molar-refractivity contribution in [2.45, 2.75) is 0 Å². The van der Waals surface area contributed by atoms with Gasteiger partial charge < -0.3 is 11.1 Å². The zero-order chi connectivity index (χ0) is 12.8. The summed E-state index contributed by atoms with van der Waals surface area (Å²) in [5.41, 5.74) is 4.85. The van der Waals surface area contributed by atoms with Gasteiger partial charge in [-0.05, 0) is 12.1 Å². The molecule has 0 spiro atoms. The van der Waals surface area contributed by atoms with Crippen molar-refractivity contribution in [3.63, 3.8) is 0 Å². The number of hydrogen-bond donors (Lipinski definition) is 2. The number of nitrogens with two attached hydrogens (primary N) is 1. The van der Waals surface area contributed by atoms with E-state index in [2.05, 4.69) is 5.32 Å². The average Bonchev–Trinajstić information content (AvgIpc) is 2.30. The lowest BCUT2D eigenvalue weighted by molar-refractivity contribution is -0.113. The number of carbonyl (C=O) groups excluding carboxylic acids is 1. The number of thioether (sulfide) groups is 1. The monoisotopic (exact) mass is 264 g/mol. The lowest BCUT2D eigenvalue weighted by atomic mass is 10.3. The van der Waals surface area contributed by atoms with Crippen LogP contribution in [0.1, 0.15) is 0 Å². The van der Waals surface area contributed by atoms with Crippen molar-refractivity contribution < 1.29 is 18.0 Å². The number of halogens is 3. The minimum absolute atomic E-state index is 0.0790. The van der Waals surface area contributed by atoms with Crippen molar-refractivity contribution in [3.05, 3.63) is 29.6 Å². The van der Waals surface area contributed by atoms with E-state index in [0.29, 0.717) is 12.3 Å². The van der Waals surface area contributed by atoms with Gasteiger partial charge in [0, 0.05) is 12.3 Å². The van der Waals surface area contributed by atoms with Gasteiger partial charge in [-0.15, -0.1) is 0 Å². The van der Waals surface area contributed by atoms with Crippen LogP contribution in [0, 0.1) is 17.5 Å². The number of benzene rings is 1. The van der Waals surface area contributed by atoms with E-state index in [4.69, 9.17) is 5.73 Å². The topological polar surface area (TPSA) is 55.1 Å². The van der Waals surface area contributed by atoms with E-state index in [1.807, 2.05) is 0 Å². The SMILES string of the molecule is NCCSCC(=O)Nc1ccc(F)c(F)c1F. The Morgan fingerprint density at radius 1 is 1.29 bits per heavy atom. The summed E-state index contributed by atoms with van der Waals surface area (Å²) in [6.45, 7) is 0.428. The first kappa shape index (κ1) is 13.9. The summed E-state index contributed by atoms with van der Waals surface area (Å²) in [5.74, 6) is -4.12. The number of anilines is 1. The first-order valence-corrected chi connectivity index (χ1v) is 5.93. The van der Waals surface area contributed by atoms with Crippen LogP contribution in [-0.4, -0.2) is 24.0 Å². The number of amides is 1. The van der Waals surface area contributed by atoms with Crippen LogP contribution in [-0.2, 0) is 4.79 Å². The molecule has 0 heterocycles. The largest absolute Gasteiger partial charge is 0.330 e. The Balaban J connectivity index is 2.63. The number of rotatable bonds is 5. The lowest BCUT2D eigenvalue weighted by Crippen LogP contribution is -2.17. The molecule has 1 aromatic rings. The Bertz CT molecular complexity index is 415. The Labute approximate surface area is 101 Å². The Hall–Kier alpha value is -1.21. The fraction of sp³-hybridized carbons (Fsp3) is 0.300. The summed E-state index contributed by atoms with van der Waals surface area (Å²) >= 11 is 1.27. The Morgan fingerprint density at radius 3 is 2.65 bits per heavy atom. The molecular weight excluding hydrogens is 253 g/mol. The van der Waals surface area contributed by atoms with Crippen molar-refractivity contribution in [1.29, 1.82) is 0 Å². The van der Waals surface area contributed by atoms with Gasteiger partial charge in [0.1, 0.15) is 0 Å². The predicted molar refractivity (Wildman–Crippen MR) is 61.3 cm³/mol. The predicted octanol–water partition coefficient (Wildman–Crippen LogP) is 1.73. The minimum atomic E-state index is -1.60. The van der Waals surface area contributed by atoms with Gasteiger partial charge in [0.25, 0.3) is 0 Å². The van der Waals surface area contributed by atoms with E-state index in [1.165, 1.54) is 11.8 Å². The molecule has 0 saturated carbocycles. The molecule has 0 saturated heterocycles. The van der Waals surface area contributed by atoms with E-state index in [0.717, 1.165) is 12.1 Å². The summed E-state index contributed by atoms with van der Waals surface area (Å²) in [7, 11) is 0. The van der Waals surface area contributed by atoms with Crippen LogP contribution in [0.4, 0.5) is 18.9 Å². The van der Waals surface area contributed by atoms with Crippen molar-refractivity contribution in [2.75, 3.05) is 23.4 Å². The summed E-state index contributed by atoms with van der Waals surface area (Å²) in [4.78, 5) is 11.3. The van der Waals surface area contributed by atoms with Crippen LogP contribution < -0.4 is 11.1 Å². The van der Waals surface area contributed by atoms with E-state index < -0.39 is 23.4 Å². The van der Waals surface area contributed by atoms with Gasteiger partial charge in [0.2, 0.25) is 5.91 Å². The third-order valence-corrected chi connectivity index (χ3v) is 2.80. The van der Waals surface area contributed by atoms with Crippen molar-refractivity contribution in [3.8, 4) is 0 Å². The van der Waals surface area contributed by atoms with Crippen molar-refractivity contribution >= 4 is 23.4 Å². The zero-order valence-corrected chi connectivity index (χ0v) is 9.62. The summed E-state index contributed by atoms with van der Waals surface area (Å²) in [6, 6.07) is 1.72. The summed E-state index contributed by atoms with van der Waals surface area (Å²) < 4.78 is 38.6. The molecule has 3 N–H and O–H groups in total. The highest BCUT2D eigenvalue weighted by Crippen LogP contribution is 2.19. The Kier molecular flexibility index (Phi) is 5.30. The molecule has 0 atom stereocenters. The van der Waals surface area contributed by atoms with Crippen LogP contribution in [0.3, 0.4) is 0 Å². The standard InChI is InChI=1S/C10H11F3N2OS/c11-6-1-2-7(10(13)9(6)12)15-8(16)5-17-4-3-14/h1-2H,3-5,14H2,(H,15,16). The van der Waals surface area contributed by atoms with Gasteiger partial charge in [0.15, 0.2) is 17.5 Å². The first-order chi connectivity index (χ1) is 8.06. The average molecular weight is 264 g/mol. The minimum Gasteiger partial charge on any atom is -0.330 e. The van der Waals surface area contributed by atoms with Gasteiger partial charge in [-0.3, -0.25) is 4.79 Å². The number of hydrogen-bond acceptors (Lipinski definition) is 3. The number of carbonyl (C=O) groups is 1. The smallest absolute Gasteiger partial charge is 0.234 e. The van der Waals surface area contributed by atoms with E-state index >= 15 is 0 Å². The fourth-order valence-corrected chi connectivity index (χ4v) is 1.63. The molecule has 0 aliphatic carbocycles. The summed E-state index contributed by atoms with van der Waals surface area (Å²) in [5, 5.41) is 2.15. The molecule has 0 aromatic heterocycles. The maximum absolute atomic E-state index is 13.2. The van der Waals surface area contributed by atoms with Gasteiger partial charge in [-0.1, -0.05) is 0 Å². The van der Waals surface area contributed by atoms with Gasteiger partial charge in [-0.2, -0.15) is 11.8 Å². The van der Waals surface area contributed by atoms with Crippen LogP contribution in [0.2, 0.25) is 0 Å². The highest BCUT2D eigenvalue weighted by molar-refractivity contribution is 7.99. The molecule has 3 nitrogen and oxygen atoms in total. The first-order valence-electron chi connectivity index (χ1n) is 4.77. The molecule has 0 unspecified atom stereocenters. The molecule has 0 radical (unpaired) electrons. The molecule has 0 fully saturated rings. The maximum Gasteiger partial charge on any atom is 0.234 e. The second-order valence-corrected chi connectivity index (χ2v) is 4.22. The highest BCUT2D eigenvalue weighted by atomic mass is 32.2. The van der Waals surface area contributed by atoms with Crippen LogP contribution in [0.5, 0.6) is 0 Å². The lowest BCUT2D eigenvalue weighted by Gasteiger charge is -2.06. The van der Waals surface area contributed by atoms with Crippen LogP contribution in [0.15, 0.2) is 12.1 Å². The molecule has 94 valence electrons. The molecule has 17 heavy (non-hydrogen) atoms. The second-order valence-electron chi connectivity index (χ2n) is 3.11. The maximum atomic E-state index is 13.2. The van der Waals surface area contributed by atoms with E-state index in [9.17, 15) is 18.0 Å². The van der Waals surface area contributed by atoms with Gasteiger partial charge in [0.05, 0.1) is 11.4 Å². The highest BCUT2D eigenvalue weighted by Gasteiger charge is 2.14. The molecule has 0 aliphatic heterocycles. The third kappa shape index (κ3) is 3.94.